The number of halogens is 13. The third-order valence-electron chi connectivity index (χ3n) is 15.0. The van der Waals surface area contributed by atoms with E-state index in [2.05, 4.69) is 138 Å². The Kier molecular flexibility index (Phi) is 63.3. The first kappa shape index (κ1) is 138. The fourth-order valence-electron chi connectivity index (χ4n) is 8.58. The summed E-state index contributed by atoms with van der Waals surface area (Å²) in [5.41, 5.74) is 1.82. The summed E-state index contributed by atoms with van der Waals surface area (Å²) in [5, 5.41) is 1.99. The van der Waals surface area contributed by atoms with Crippen LogP contribution in [-0.4, -0.2) is 282 Å². The van der Waals surface area contributed by atoms with Gasteiger partial charge in [0.25, 0.3) is 0 Å². The van der Waals surface area contributed by atoms with Gasteiger partial charge in [0.1, 0.15) is 59.5 Å². The van der Waals surface area contributed by atoms with Crippen LogP contribution in [0.3, 0.4) is 0 Å². The van der Waals surface area contributed by atoms with Crippen molar-refractivity contribution in [2.75, 3.05) is 111 Å². The Labute approximate surface area is 931 Å². The SMILES string of the molecule is O=C(OCCS(=O)(=O)[O-])c1cc(Br)cc(Br)c1.O=C(OCCS(=O)(=O)[O-])c1cc(Cl)cc(Cl)c1.O=C(OCCS(=O)(=O)[O-])c1ccc(Br)cc1Br.O=C(OCCS(=O)(=O)[O-])c1ccc(Cl)cc1.O=C(OCCS(=O)(=O)[O-])c1ccc(Cl)cc1Cl.O=C(OCCS(=O)(=O)[O-])c1cccc(Br)c1.O=C(OCCS(=O)(=O)[O-])c1cccc(Cl)c1.O=C(OCCS(=O)(=O)[O-])c1ccccc1Br.O=C(OCCS(=O)(=O)[O-])c1ccccc1Cl. The second-order valence-electron chi connectivity index (χ2n) is 26.6. The first-order valence-corrected chi connectivity index (χ1v) is 60.2. The van der Waals surface area contributed by atoms with Crippen molar-refractivity contribution in [1.82, 2.24) is 0 Å². The highest BCUT2D eigenvalue weighted by Gasteiger charge is 2.20. The number of ether oxygens (including phenoxy) is 9. The van der Waals surface area contributed by atoms with Gasteiger partial charge in [0.2, 0.25) is 0 Å². The van der Waals surface area contributed by atoms with Gasteiger partial charge in [-0.2, -0.15) is 0 Å². The molecule has 0 aromatic heterocycles. The van der Waals surface area contributed by atoms with Gasteiger partial charge in [-0.15, -0.1) is 0 Å². The van der Waals surface area contributed by atoms with Crippen LogP contribution < -0.4 is 0 Å². The molecule has 0 spiro atoms. The summed E-state index contributed by atoms with van der Waals surface area (Å²) in [5.74, 6) is -13.1. The highest BCUT2D eigenvalue weighted by Crippen LogP contribution is 2.27. The van der Waals surface area contributed by atoms with Crippen molar-refractivity contribution < 1.29 is 203 Å². The average molecular weight is 2780 g/mol. The van der Waals surface area contributed by atoms with Crippen LogP contribution >= 0.6 is 177 Å². The van der Waals surface area contributed by atoms with Gasteiger partial charge in [-0.25, -0.2) is 119 Å². The van der Waals surface area contributed by atoms with E-state index in [-0.39, 0.29) is 70.2 Å². The fraction of sp³-hybridized carbons (Fsp3) is 0.222. The molecule has 9 rings (SSSR count). The topological polar surface area (TPSA) is 752 Å². The number of benzene rings is 9. The fourth-order valence-corrected chi connectivity index (χ4v) is 16.1. The number of carbonyl (C=O) groups excluding carboxylic acids is 9. The highest BCUT2D eigenvalue weighted by molar-refractivity contribution is 9.11. The summed E-state index contributed by atoms with van der Waals surface area (Å²) in [6.07, 6.45) is 0. The molecule has 0 unspecified atom stereocenters. The zero-order chi connectivity index (χ0) is 113. The van der Waals surface area contributed by atoms with Crippen molar-refractivity contribution in [3.63, 3.8) is 0 Å². The van der Waals surface area contributed by atoms with Crippen molar-refractivity contribution in [3.05, 3.63) is 306 Å². The second-order valence-corrected chi connectivity index (χ2v) is 48.7. The van der Waals surface area contributed by atoms with Crippen LogP contribution in [-0.2, 0) is 134 Å². The van der Waals surface area contributed by atoms with E-state index in [1.54, 1.807) is 72.8 Å². The maximum Gasteiger partial charge on any atom is 0.339 e. The third kappa shape index (κ3) is 69.8. The van der Waals surface area contributed by atoms with Crippen LogP contribution in [0.25, 0.3) is 0 Å². The van der Waals surface area contributed by atoms with Gasteiger partial charge in [-0.05, 0) is 190 Å². The standard InChI is InChI=1S/2C9H8Br2O5S.2C9H9BrO5S.2C9H8Cl2O5S.3C9H9ClO5S/c10-7-3-6(4-8(11)5-7)9(12)16-1-2-17(13,14)15;10-6-1-2-7(8(11)5-6)9(12)16-3-4-17(13,14)15;10-8-3-1-2-7(6-8)9(11)15-4-5-16(12,13)14;10-8-4-2-1-3-7(8)9(11)15-5-6-16(12,13)14;10-7-3-6(4-8(11)5-7)9(12)16-1-2-17(13,14)15;10-6-1-2-7(8(11)5-6)9(12)16-3-4-17(13,14)15;10-8-3-1-7(2-4-8)9(11)15-5-6-16(12,13)14;10-8-3-1-2-7(6-8)9(11)15-4-5-16(12,13)14;10-8-4-2-1-3-7(8)9(11)15-5-6-16(12,13)14/h3-5H,1-2H2,(H,13,14,15);1-2,5H,3-4H2,(H,13,14,15);1-3,6H,4-5H2,(H,12,13,14);1-4H,5-6H2,(H,12,13,14);3-5H,1-2H2,(H,13,14,15);1-2,5H,3-4H2,(H,13,14,15);1-4H,5-6H2,(H,12,13,14);1-3,6H,4-5H2,(H,12,13,14);1-4H,5-6H2,(H,12,13,14)/p-9. The van der Waals surface area contributed by atoms with Crippen LogP contribution in [0.2, 0.25) is 35.2 Å². The number of rotatable bonds is 36. The maximum absolute atomic E-state index is 11.5. The van der Waals surface area contributed by atoms with Crippen LogP contribution in [0.1, 0.15) is 93.2 Å². The molecule has 67 heteroatoms. The number of hydrogen-bond acceptors (Lipinski definition) is 45. The van der Waals surface area contributed by atoms with E-state index >= 15 is 0 Å². The first-order valence-electron chi connectivity index (χ1n) is 38.6. The number of hydrogen-bond donors (Lipinski definition) is 0. The summed E-state index contributed by atoms with van der Waals surface area (Å²) in [7, 11) is -39.3. The largest absolute Gasteiger partial charge is 0.748 e. The normalized spacial score (nSPS) is 11.2. The zero-order valence-corrected chi connectivity index (χ0v) is 95.8. The van der Waals surface area contributed by atoms with Gasteiger partial charge in [0.15, 0.2) is 0 Å². The molecule has 0 fully saturated rings. The third-order valence-corrected chi connectivity index (χ3v) is 26.0. The Bertz CT molecular complexity index is 6780. The smallest absolute Gasteiger partial charge is 0.339 e. The predicted octanol–water partition coefficient (Wildman–Crippen LogP) is 12.6. The van der Waals surface area contributed by atoms with E-state index in [0.29, 0.717) is 37.4 Å². The van der Waals surface area contributed by atoms with Gasteiger partial charge in [0.05, 0.1) is 203 Å². The molecule has 0 aliphatic carbocycles. The summed E-state index contributed by atoms with van der Waals surface area (Å²) in [6, 6.07) is 48.9. The first-order chi connectivity index (χ1) is 68.1. The van der Waals surface area contributed by atoms with Crippen molar-refractivity contribution in [2.24, 2.45) is 0 Å². The van der Waals surface area contributed by atoms with Crippen LogP contribution in [0.4, 0.5) is 0 Å². The van der Waals surface area contributed by atoms with Crippen molar-refractivity contribution in [2.45, 2.75) is 0 Å². The van der Waals surface area contributed by atoms with Gasteiger partial charge in [-0.3, -0.25) is 0 Å². The lowest BCUT2D eigenvalue weighted by atomic mass is 10.2. The van der Waals surface area contributed by atoms with Crippen LogP contribution in [0, 0.1) is 0 Å². The van der Waals surface area contributed by atoms with E-state index in [0.717, 1.165) is 4.47 Å². The van der Waals surface area contributed by atoms with Gasteiger partial charge in [0, 0.05) is 51.9 Å². The lowest BCUT2D eigenvalue weighted by Gasteiger charge is -2.08. The minimum atomic E-state index is -4.40. The van der Waals surface area contributed by atoms with E-state index in [4.69, 9.17) is 81.2 Å². The quantitative estimate of drug-likeness (QED) is 0.0200. The van der Waals surface area contributed by atoms with Crippen LogP contribution in [0.5, 0.6) is 0 Å². The molecule has 45 nitrogen and oxygen atoms in total. The Hall–Kier alpha value is -7.69. The van der Waals surface area contributed by atoms with Crippen molar-refractivity contribution in [3.8, 4) is 0 Å². The molecule has 0 atom stereocenters. The maximum atomic E-state index is 11.5. The molecule has 816 valence electrons. The molecular weight excluding hydrogens is 2710 g/mol. The minimum Gasteiger partial charge on any atom is -0.748 e. The molecule has 0 N–H and O–H groups in total. The molecule has 0 saturated heterocycles. The molecule has 0 heterocycles. The Morgan fingerprint density at radius 2 is 0.453 bits per heavy atom. The highest BCUT2D eigenvalue weighted by atomic mass is 79.9. The van der Waals surface area contributed by atoms with Crippen molar-refractivity contribution >= 4 is 322 Å². The van der Waals surface area contributed by atoms with E-state index < -0.39 is 256 Å². The Balaban J connectivity index is 0.000000833. The molecule has 0 bridgehead atoms. The lowest BCUT2D eigenvalue weighted by molar-refractivity contribution is 0.0517. The summed E-state index contributed by atoms with van der Waals surface area (Å²) >= 11 is 58.7. The Morgan fingerprint density at radius 1 is 0.196 bits per heavy atom. The molecule has 0 aliphatic heterocycles. The lowest BCUT2D eigenvalue weighted by Crippen LogP contribution is -2.15. The number of carbonyl (C=O) groups is 9. The van der Waals surface area contributed by atoms with Gasteiger partial charge in [-0.1, -0.05) is 181 Å². The predicted molar refractivity (Wildman–Crippen MR) is 543 cm³/mol. The summed E-state index contributed by atoms with van der Waals surface area (Å²) < 4.78 is 322. The molecule has 0 radical (unpaired) electrons. The zero-order valence-electron chi connectivity index (χ0n) is 73.7. The van der Waals surface area contributed by atoms with Crippen LogP contribution in [0.15, 0.2) is 221 Å². The van der Waals surface area contributed by atoms with E-state index in [1.165, 1.54) is 121 Å². The van der Waals surface area contributed by atoms with Gasteiger partial charge >= 0.3 is 53.7 Å². The molecule has 9 aromatic carbocycles. The van der Waals surface area contributed by atoms with Gasteiger partial charge < -0.3 is 83.6 Å². The molecule has 0 aliphatic rings. The molecule has 0 amide bonds. The van der Waals surface area contributed by atoms with Crippen molar-refractivity contribution in [1.29, 1.82) is 0 Å². The summed E-state index contributed by atoms with van der Waals surface area (Å²) in [4.78, 5) is 102. The number of esters is 9. The minimum absolute atomic E-state index is 0.0550. The monoisotopic (exact) mass is 2770 g/mol. The van der Waals surface area contributed by atoms with E-state index in [1.807, 2.05) is 0 Å². The molecule has 148 heavy (non-hydrogen) atoms. The van der Waals surface area contributed by atoms with E-state index in [9.17, 15) is 160 Å². The summed E-state index contributed by atoms with van der Waals surface area (Å²) in [6.45, 7) is -4.18. The second kappa shape index (κ2) is 67.8. The molecule has 0 saturated carbocycles. The molecule has 9 aromatic rings. The molecular formula is C81H68Br6Cl7O45S9-9. The average Bonchev–Trinajstić information content (AvgIpc) is 0.856. The Morgan fingerprint density at radius 3 is 0.784 bits per heavy atom.